The zero-order valence-corrected chi connectivity index (χ0v) is 14.6. The lowest BCUT2D eigenvalue weighted by molar-refractivity contribution is -0.133. The van der Waals surface area contributed by atoms with Crippen molar-refractivity contribution in [1.29, 1.82) is 0 Å². The predicted octanol–water partition coefficient (Wildman–Crippen LogP) is 2.86. The Bertz CT molecular complexity index is 835. The number of rotatable bonds is 5. The number of amides is 1. The van der Waals surface area contributed by atoms with E-state index in [0.717, 1.165) is 37.8 Å². The van der Waals surface area contributed by atoms with E-state index in [-0.39, 0.29) is 24.3 Å². The van der Waals surface area contributed by atoms with Gasteiger partial charge in [-0.1, -0.05) is 23.2 Å². The van der Waals surface area contributed by atoms with Crippen molar-refractivity contribution in [2.24, 2.45) is 5.92 Å². The van der Waals surface area contributed by atoms with Crippen LogP contribution in [-0.4, -0.2) is 40.6 Å². The molecule has 1 saturated heterocycles. The third-order valence-corrected chi connectivity index (χ3v) is 4.87. The maximum Gasteiger partial charge on any atom is 0.231 e. The Morgan fingerprint density at radius 1 is 1.38 bits per heavy atom. The second kappa shape index (κ2) is 7.20. The molecule has 1 saturated carbocycles. The quantitative estimate of drug-likeness (QED) is 0.775. The number of terminal acetylenes is 1. The van der Waals surface area contributed by atoms with Crippen molar-refractivity contribution in [3.05, 3.63) is 30.2 Å². The standard InChI is InChI=1S/C20H21N3O3/c1-2-11-25-17-7-3-5-15(12-17)18-21-19(26-22-18)16-6-4-10-23(13-16)20(24)14-8-9-14/h1,3,5,7,12,14,16H,4,6,8-11,13H2/t16-/m0/s1. The van der Waals surface area contributed by atoms with Crippen LogP contribution in [0.2, 0.25) is 0 Å². The number of ether oxygens (including phenoxy) is 1. The third kappa shape index (κ3) is 3.57. The van der Waals surface area contributed by atoms with Crippen LogP contribution in [0.3, 0.4) is 0 Å². The van der Waals surface area contributed by atoms with Gasteiger partial charge in [0, 0.05) is 24.6 Å². The summed E-state index contributed by atoms with van der Waals surface area (Å²) < 4.78 is 11.0. The van der Waals surface area contributed by atoms with Gasteiger partial charge >= 0.3 is 0 Å². The highest BCUT2D eigenvalue weighted by Crippen LogP contribution is 2.34. The molecule has 6 nitrogen and oxygen atoms in total. The highest BCUT2D eigenvalue weighted by molar-refractivity contribution is 5.81. The Morgan fingerprint density at radius 2 is 2.27 bits per heavy atom. The fourth-order valence-corrected chi connectivity index (χ4v) is 3.34. The molecule has 1 aromatic carbocycles. The maximum atomic E-state index is 12.3. The fraction of sp³-hybridized carbons (Fsp3) is 0.450. The molecule has 1 atom stereocenters. The number of likely N-dealkylation sites (tertiary alicyclic amines) is 1. The largest absolute Gasteiger partial charge is 0.481 e. The monoisotopic (exact) mass is 351 g/mol. The molecule has 6 heteroatoms. The minimum absolute atomic E-state index is 0.105. The highest BCUT2D eigenvalue weighted by Gasteiger charge is 2.36. The van der Waals surface area contributed by atoms with E-state index in [1.54, 1.807) is 0 Å². The van der Waals surface area contributed by atoms with Gasteiger partial charge in [0.25, 0.3) is 0 Å². The molecule has 1 amide bonds. The van der Waals surface area contributed by atoms with Gasteiger partial charge in [0.05, 0.1) is 5.92 Å². The maximum absolute atomic E-state index is 12.3. The first-order valence-electron chi connectivity index (χ1n) is 9.03. The van der Waals surface area contributed by atoms with Gasteiger partial charge in [-0.25, -0.2) is 0 Å². The van der Waals surface area contributed by atoms with E-state index in [1.807, 2.05) is 29.2 Å². The van der Waals surface area contributed by atoms with Crippen molar-refractivity contribution in [1.82, 2.24) is 15.0 Å². The zero-order chi connectivity index (χ0) is 17.9. The summed E-state index contributed by atoms with van der Waals surface area (Å²) in [6.45, 7) is 1.72. The summed E-state index contributed by atoms with van der Waals surface area (Å²) in [6.07, 6.45) is 9.21. The fourth-order valence-electron chi connectivity index (χ4n) is 3.34. The number of carbonyl (C=O) groups excluding carboxylic acids is 1. The van der Waals surface area contributed by atoms with Gasteiger partial charge in [-0.15, -0.1) is 6.42 Å². The van der Waals surface area contributed by atoms with Crippen LogP contribution >= 0.6 is 0 Å². The number of benzene rings is 1. The number of carbonyl (C=O) groups is 1. The Kier molecular flexibility index (Phi) is 4.61. The van der Waals surface area contributed by atoms with Crippen LogP contribution in [0, 0.1) is 18.3 Å². The van der Waals surface area contributed by atoms with E-state index >= 15 is 0 Å². The molecule has 0 bridgehead atoms. The second-order valence-electron chi connectivity index (χ2n) is 6.87. The Hall–Kier alpha value is -2.81. The average Bonchev–Trinajstić information content (AvgIpc) is 3.42. The van der Waals surface area contributed by atoms with Crippen molar-refractivity contribution < 1.29 is 14.1 Å². The second-order valence-corrected chi connectivity index (χ2v) is 6.87. The molecule has 0 spiro atoms. The van der Waals surface area contributed by atoms with Gasteiger partial charge in [0.1, 0.15) is 12.4 Å². The molecular formula is C20H21N3O3. The van der Waals surface area contributed by atoms with Crippen molar-refractivity contribution in [2.75, 3.05) is 19.7 Å². The van der Waals surface area contributed by atoms with Crippen molar-refractivity contribution in [3.8, 4) is 29.5 Å². The van der Waals surface area contributed by atoms with Crippen molar-refractivity contribution >= 4 is 5.91 Å². The summed E-state index contributed by atoms with van der Waals surface area (Å²) in [4.78, 5) is 18.8. The van der Waals surface area contributed by atoms with Crippen LogP contribution in [0.5, 0.6) is 5.75 Å². The molecule has 4 rings (SSSR count). The predicted molar refractivity (Wildman–Crippen MR) is 95.3 cm³/mol. The molecular weight excluding hydrogens is 330 g/mol. The molecule has 0 radical (unpaired) electrons. The molecule has 1 aliphatic heterocycles. The van der Waals surface area contributed by atoms with E-state index in [4.69, 9.17) is 15.7 Å². The number of hydrogen-bond acceptors (Lipinski definition) is 5. The number of piperidine rings is 1. The summed E-state index contributed by atoms with van der Waals surface area (Å²) in [5.74, 6) is 4.88. The molecule has 2 heterocycles. The molecule has 2 aromatic rings. The zero-order valence-electron chi connectivity index (χ0n) is 14.6. The Labute approximate surface area is 152 Å². The SMILES string of the molecule is C#CCOc1cccc(-c2noc([C@H]3CCCN(C(=O)C4CC4)C3)n2)c1. The van der Waals surface area contributed by atoms with Crippen LogP contribution in [0.1, 0.15) is 37.5 Å². The van der Waals surface area contributed by atoms with Gasteiger partial charge in [-0.05, 0) is 37.8 Å². The normalized spacial score (nSPS) is 19.8. The minimum Gasteiger partial charge on any atom is -0.481 e. The lowest BCUT2D eigenvalue weighted by Crippen LogP contribution is -2.40. The van der Waals surface area contributed by atoms with Crippen LogP contribution in [0.4, 0.5) is 0 Å². The van der Waals surface area contributed by atoms with Crippen LogP contribution in [0.25, 0.3) is 11.4 Å². The smallest absolute Gasteiger partial charge is 0.231 e. The number of hydrogen-bond donors (Lipinski definition) is 0. The molecule has 2 aliphatic rings. The van der Waals surface area contributed by atoms with Gasteiger partial charge in [0.15, 0.2) is 0 Å². The molecule has 0 unspecified atom stereocenters. The third-order valence-electron chi connectivity index (χ3n) is 4.87. The number of nitrogens with zero attached hydrogens (tertiary/aromatic N) is 3. The molecule has 134 valence electrons. The van der Waals surface area contributed by atoms with E-state index in [9.17, 15) is 4.79 Å². The van der Waals surface area contributed by atoms with Crippen LogP contribution in [0.15, 0.2) is 28.8 Å². The topological polar surface area (TPSA) is 68.5 Å². The minimum atomic E-state index is 0.105. The summed E-state index contributed by atoms with van der Waals surface area (Å²) in [5, 5.41) is 4.11. The van der Waals surface area contributed by atoms with E-state index < -0.39 is 0 Å². The Morgan fingerprint density at radius 3 is 3.08 bits per heavy atom. The van der Waals surface area contributed by atoms with Gasteiger partial charge < -0.3 is 14.2 Å². The summed E-state index contributed by atoms with van der Waals surface area (Å²) in [7, 11) is 0. The van der Waals surface area contributed by atoms with Gasteiger partial charge in [-0.3, -0.25) is 4.79 Å². The molecule has 2 fully saturated rings. The molecule has 0 N–H and O–H groups in total. The summed E-state index contributed by atoms with van der Waals surface area (Å²) in [6, 6.07) is 7.45. The lowest BCUT2D eigenvalue weighted by atomic mass is 9.97. The van der Waals surface area contributed by atoms with E-state index in [2.05, 4.69) is 16.1 Å². The molecule has 26 heavy (non-hydrogen) atoms. The first-order valence-corrected chi connectivity index (χ1v) is 9.03. The first-order chi connectivity index (χ1) is 12.7. The number of aromatic nitrogens is 2. The summed E-state index contributed by atoms with van der Waals surface area (Å²) >= 11 is 0. The average molecular weight is 351 g/mol. The van der Waals surface area contributed by atoms with E-state index in [1.165, 1.54) is 0 Å². The lowest BCUT2D eigenvalue weighted by Gasteiger charge is -2.31. The van der Waals surface area contributed by atoms with Crippen LogP contribution < -0.4 is 4.74 Å². The Balaban J connectivity index is 1.47. The van der Waals surface area contributed by atoms with Gasteiger partial charge in [0.2, 0.25) is 17.6 Å². The van der Waals surface area contributed by atoms with Crippen LogP contribution in [-0.2, 0) is 4.79 Å². The highest BCUT2D eigenvalue weighted by atomic mass is 16.5. The molecule has 1 aromatic heterocycles. The van der Waals surface area contributed by atoms with Crippen molar-refractivity contribution in [2.45, 2.75) is 31.6 Å². The summed E-state index contributed by atoms with van der Waals surface area (Å²) in [5.41, 5.74) is 0.816. The molecule has 1 aliphatic carbocycles. The van der Waals surface area contributed by atoms with E-state index in [0.29, 0.717) is 24.0 Å². The van der Waals surface area contributed by atoms with Crippen molar-refractivity contribution in [3.63, 3.8) is 0 Å². The first kappa shape index (κ1) is 16.6. The van der Waals surface area contributed by atoms with Gasteiger partial charge in [-0.2, -0.15) is 4.98 Å².